The van der Waals surface area contributed by atoms with Gasteiger partial charge in [0.2, 0.25) is 0 Å². The summed E-state index contributed by atoms with van der Waals surface area (Å²) in [5.41, 5.74) is 5.48. The van der Waals surface area contributed by atoms with Crippen LogP contribution in [0.4, 0.5) is 0 Å². The maximum atomic E-state index is 12.0. The lowest BCUT2D eigenvalue weighted by atomic mass is 9.94. The molecule has 15 heteroatoms. The van der Waals surface area contributed by atoms with E-state index in [1.165, 1.54) is 7.11 Å². The number of hydrogen-bond acceptors (Lipinski definition) is 15. The van der Waals surface area contributed by atoms with E-state index in [1.807, 2.05) is 189 Å². The molecule has 0 aliphatic carbocycles. The maximum Gasteiger partial charge on any atom is 0.187 e. The molecule has 6 aromatic rings. The Bertz CT molecular complexity index is 2590. The minimum absolute atomic E-state index is 0.0332. The van der Waals surface area contributed by atoms with Gasteiger partial charge in [0, 0.05) is 12.7 Å². The first-order chi connectivity index (χ1) is 37.4. The predicted molar refractivity (Wildman–Crippen MR) is 277 cm³/mol. The molecule has 0 saturated carbocycles. The number of methoxy groups -OCH3 is 1. The van der Waals surface area contributed by atoms with Crippen LogP contribution in [0.1, 0.15) is 46.6 Å². The molecule has 2 N–H and O–H groups in total. The Morgan fingerprint density at radius 1 is 0.434 bits per heavy atom. The van der Waals surface area contributed by atoms with E-state index >= 15 is 0 Å². The molecule has 15 nitrogen and oxygen atoms in total. The molecule has 4 aliphatic heterocycles. The van der Waals surface area contributed by atoms with E-state index in [1.54, 1.807) is 0 Å². The molecule has 16 unspecified atom stereocenters. The van der Waals surface area contributed by atoms with Crippen LogP contribution in [0.3, 0.4) is 0 Å². The predicted octanol–water partition coefficient (Wildman–Crippen LogP) is 7.99. The molecule has 16 atom stereocenters. The van der Waals surface area contributed by atoms with Crippen LogP contribution in [0.15, 0.2) is 182 Å². The summed E-state index contributed by atoms with van der Waals surface area (Å²) in [4.78, 5) is 0. The van der Waals surface area contributed by atoms with E-state index in [-0.39, 0.29) is 39.6 Å². The van der Waals surface area contributed by atoms with Crippen molar-refractivity contribution in [1.29, 1.82) is 0 Å². The van der Waals surface area contributed by atoms with Crippen molar-refractivity contribution in [3.63, 3.8) is 0 Å². The lowest BCUT2D eigenvalue weighted by Gasteiger charge is -2.52. The molecule has 0 spiro atoms. The fourth-order valence-corrected chi connectivity index (χ4v) is 10.1. The summed E-state index contributed by atoms with van der Waals surface area (Å²) < 4.78 is 87.4. The SMILES string of the molecule is COC1OC(COCc2ccccc2)C(OC2OC3COC(c4ccccc4)OC3C(OC3OC(C)C(OCc4ccccc4)C(OCc4ccccc4)C3OCc3ccccc3)C2OCc2ccccc2)C(O)C1O. The highest BCUT2D eigenvalue weighted by molar-refractivity contribution is 5.19. The summed E-state index contributed by atoms with van der Waals surface area (Å²) in [6, 6.07) is 58.9. The van der Waals surface area contributed by atoms with Gasteiger partial charge in [-0.05, 0) is 34.7 Å². The van der Waals surface area contributed by atoms with E-state index in [0.717, 1.165) is 33.4 Å². The maximum absolute atomic E-state index is 12.0. The Balaban J connectivity index is 1.02. The largest absolute Gasteiger partial charge is 0.387 e. The normalized spacial score (nSPS) is 31.6. The van der Waals surface area contributed by atoms with Crippen LogP contribution in [-0.4, -0.2) is 123 Å². The summed E-state index contributed by atoms with van der Waals surface area (Å²) in [5, 5.41) is 23.4. The highest BCUT2D eigenvalue weighted by Gasteiger charge is 2.57. The van der Waals surface area contributed by atoms with Crippen molar-refractivity contribution < 1.29 is 71.8 Å². The van der Waals surface area contributed by atoms with Gasteiger partial charge in [0.25, 0.3) is 0 Å². The zero-order valence-corrected chi connectivity index (χ0v) is 42.7. The van der Waals surface area contributed by atoms with E-state index in [4.69, 9.17) is 61.6 Å². The third-order valence-electron chi connectivity index (χ3n) is 14.1. The van der Waals surface area contributed by atoms with Crippen LogP contribution in [0.2, 0.25) is 0 Å². The molecular formula is C61H68O15. The second-order valence-corrected chi connectivity index (χ2v) is 19.4. The van der Waals surface area contributed by atoms with E-state index in [9.17, 15) is 10.2 Å². The Morgan fingerprint density at radius 2 is 0.868 bits per heavy atom. The van der Waals surface area contributed by atoms with Gasteiger partial charge in [-0.1, -0.05) is 182 Å². The highest BCUT2D eigenvalue weighted by atomic mass is 16.8. The van der Waals surface area contributed by atoms with Crippen molar-refractivity contribution in [2.45, 2.75) is 138 Å². The Hall–Kier alpha value is -5.28. The number of hydrogen-bond donors (Lipinski definition) is 2. The molecule has 0 amide bonds. The van der Waals surface area contributed by atoms with Gasteiger partial charge in [0.1, 0.15) is 67.1 Å². The van der Waals surface area contributed by atoms with Gasteiger partial charge in [-0.25, -0.2) is 0 Å². The van der Waals surface area contributed by atoms with Crippen molar-refractivity contribution >= 4 is 0 Å². The lowest BCUT2D eigenvalue weighted by Crippen LogP contribution is -2.68. The molecule has 6 aromatic carbocycles. The average Bonchev–Trinajstić information content (AvgIpc) is 3.49. The number of aliphatic hydroxyl groups is 2. The van der Waals surface area contributed by atoms with Crippen LogP contribution in [0.25, 0.3) is 0 Å². The number of rotatable bonds is 22. The van der Waals surface area contributed by atoms with Gasteiger partial charge in [0.15, 0.2) is 25.2 Å². The first kappa shape index (κ1) is 54.1. The zero-order valence-electron chi connectivity index (χ0n) is 42.7. The summed E-state index contributed by atoms with van der Waals surface area (Å²) in [5.74, 6) is 0. The molecule has 0 bridgehead atoms. The zero-order chi connectivity index (χ0) is 52.1. The second kappa shape index (κ2) is 26.9. The van der Waals surface area contributed by atoms with Gasteiger partial charge in [-0.2, -0.15) is 0 Å². The monoisotopic (exact) mass is 1040 g/mol. The molecule has 4 aliphatic rings. The quantitative estimate of drug-likeness (QED) is 0.0673. The number of fused-ring (bicyclic) bond motifs is 1. The van der Waals surface area contributed by atoms with Crippen LogP contribution < -0.4 is 0 Å². The number of aliphatic hydroxyl groups excluding tert-OH is 2. The first-order valence-electron chi connectivity index (χ1n) is 26.1. The third kappa shape index (κ3) is 13.7. The summed E-state index contributed by atoms with van der Waals surface area (Å²) in [6.07, 6.45) is -16.2. The molecular weight excluding hydrogens is 973 g/mol. The fraction of sp³-hybridized carbons (Fsp3) is 0.410. The summed E-state index contributed by atoms with van der Waals surface area (Å²) in [6.45, 7) is 3.06. The van der Waals surface area contributed by atoms with Crippen molar-refractivity contribution in [2.24, 2.45) is 0 Å². The first-order valence-corrected chi connectivity index (χ1v) is 26.1. The Labute approximate surface area is 444 Å². The fourth-order valence-electron chi connectivity index (χ4n) is 10.1. The molecule has 4 saturated heterocycles. The summed E-state index contributed by atoms with van der Waals surface area (Å²) >= 11 is 0. The Kier molecular flexibility index (Phi) is 19.1. The van der Waals surface area contributed by atoms with Gasteiger partial charge >= 0.3 is 0 Å². The average molecular weight is 1040 g/mol. The van der Waals surface area contributed by atoms with Crippen LogP contribution in [0.5, 0.6) is 0 Å². The smallest absolute Gasteiger partial charge is 0.187 e. The highest BCUT2D eigenvalue weighted by Crippen LogP contribution is 2.41. The third-order valence-corrected chi connectivity index (χ3v) is 14.1. The standard InChI is InChI=1S/C61H68O15/c1-40-51(66-34-42-23-11-4-12-24-42)54(67-35-43-25-13-5-14-26-43)56(68-36-44-27-15-6-16-28-44)60(71-40)76-55-53-48(39-70-58(75-53)46-31-19-8-20-32-46)73-61(57(55)69-37-45-29-17-7-18-30-45)74-52-47(72-59(64-2)50(63)49(52)62)38-65-33-41-21-9-3-10-22-41/h3-32,40,47-63H,33-39H2,1-2H3. The van der Waals surface area contributed by atoms with Crippen molar-refractivity contribution in [1.82, 2.24) is 0 Å². The van der Waals surface area contributed by atoms with E-state index in [0.29, 0.717) is 6.61 Å². The van der Waals surface area contributed by atoms with Gasteiger partial charge < -0.3 is 71.8 Å². The summed E-state index contributed by atoms with van der Waals surface area (Å²) in [7, 11) is 1.40. The minimum atomic E-state index is -1.52. The lowest BCUT2D eigenvalue weighted by molar-refractivity contribution is -0.412. The Morgan fingerprint density at radius 3 is 1.38 bits per heavy atom. The van der Waals surface area contributed by atoms with Crippen molar-refractivity contribution in [2.75, 3.05) is 20.3 Å². The van der Waals surface area contributed by atoms with Gasteiger partial charge in [-0.15, -0.1) is 0 Å². The molecule has 4 fully saturated rings. The minimum Gasteiger partial charge on any atom is -0.387 e. The van der Waals surface area contributed by atoms with Crippen molar-refractivity contribution in [3.8, 4) is 0 Å². The number of ether oxygens (including phenoxy) is 13. The molecule has 10 rings (SSSR count). The van der Waals surface area contributed by atoms with Crippen LogP contribution in [0, 0.1) is 0 Å². The molecule has 0 radical (unpaired) electrons. The topological polar surface area (TPSA) is 160 Å². The van der Waals surface area contributed by atoms with Crippen LogP contribution >= 0.6 is 0 Å². The van der Waals surface area contributed by atoms with E-state index < -0.39 is 98.4 Å². The molecule has 4 heterocycles. The number of benzene rings is 6. The van der Waals surface area contributed by atoms with Crippen molar-refractivity contribution in [3.05, 3.63) is 215 Å². The molecule has 76 heavy (non-hydrogen) atoms. The van der Waals surface area contributed by atoms with E-state index in [2.05, 4.69) is 0 Å². The van der Waals surface area contributed by atoms with Gasteiger partial charge in [0.05, 0.1) is 52.4 Å². The van der Waals surface area contributed by atoms with Gasteiger partial charge in [-0.3, -0.25) is 0 Å². The molecule has 402 valence electrons. The second-order valence-electron chi connectivity index (χ2n) is 19.4. The van der Waals surface area contributed by atoms with Crippen LogP contribution in [-0.2, 0) is 94.6 Å². The molecule has 0 aromatic heterocycles.